The fourth-order valence-electron chi connectivity index (χ4n) is 2.03. The Morgan fingerprint density at radius 2 is 2.17 bits per heavy atom. The Kier molecular flexibility index (Phi) is 2.76. The minimum absolute atomic E-state index is 0.124. The van der Waals surface area contributed by atoms with Gasteiger partial charge < -0.3 is 10.2 Å². The zero-order valence-corrected chi connectivity index (χ0v) is 8.12. The smallest absolute Gasteiger partial charge is 0.102 e. The van der Waals surface area contributed by atoms with Crippen LogP contribution in [0.25, 0.3) is 0 Å². The van der Waals surface area contributed by atoms with Gasteiger partial charge in [0.1, 0.15) is 5.60 Å². The number of rotatable bonds is 2. The molecule has 0 saturated carbocycles. The maximum absolute atomic E-state index is 9.80. The third-order valence-electron chi connectivity index (χ3n) is 2.68. The maximum atomic E-state index is 9.80. The molecule has 2 N–H and O–H groups in total. The van der Waals surface area contributed by atoms with Crippen molar-refractivity contribution >= 4 is 0 Å². The number of aliphatic hydroxyl groups is 2. The number of likely N-dealkylation sites (tertiary alicyclic amines) is 1. The summed E-state index contributed by atoms with van der Waals surface area (Å²) < 4.78 is 0. The molecular weight excluding hydrogens is 154 g/mol. The zero-order valence-electron chi connectivity index (χ0n) is 8.12. The van der Waals surface area contributed by atoms with E-state index in [9.17, 15) is 5.11 Å². The van der Waals surface area contributed by atoms with Gasteiger partial charge in [0, 0.05) is 18.6 Å². The van der Waals surface area contributed by atoms with Crippen molar-refractivity contribution in [3.63, 3.8) is 0 Å². The van der Waals surface area contributed by atoms with E-state index in [-0.39, 0.29) is 6.61 Å². The summed E-state index contributed by atoms with van der Waals surface area (Å²) in [5.41, 5.74) is -0.857. The molecule has 0 radical (unpaired) electrons. The zero-order chi connectivity index (χ0) is 9.35. The number of β-amino-alcohol motifs (C(OH)–C–C–N with tert-alkyl or cyclic N) is 1. The molecule has 0 amide bonds. The van der Waals surface area contributed by atoms with Crippen LogP contribution in [0.4, 0.5) is 0 Å². The predicted molar refractivity (Wildman–Crippen MR) is 48.0 cm³/mol. The van der Waals surface area contributed by atoms with E-state index in [1.807, 2.05) is 0 Å². The molecule has 0 aromatic rings. The van der Waals surface area contributed by atoms with Gasteiger partial charge in [-0.15, -0.1) is 0 Å². The second kappa shape index (κ2) is 3.32. The minimum atomic E-state index is -0.857. The van der Waals surface area contributed by atoms with E-state index >= 15 is 0 Å². The molecule has 0 aliphatic carbocycles. The quantitative estimate of drug-likeness (QED) is 0.627. The average Bonchev–Trinajstić information content (AvgIpc) is 2.28. The summed E-state index contributed by atoms with van der Waals surface area (Å²) in [6.07, 6.45) is 0.682. The molecule has 0 aromatic heterocycles. The monoisotopic (exact) mass is 173 g/mol. The van der Waals surface area contributed by atoms with Crippen LogP contribution in [-0.4, -0.2) is 45.9 Å². The third kappa shape index (κ3) is 1.79. The van der Waals surface area contributed by atoms with Crippen LogP contribution < -0.4 is 0 Å². The first-order valence-corrected chi connectivity index (χ1v) is 4.57. The number of aliphatic hydroxyl groups excluding tert-OH is 1. The number of nitrogens with zero attached hydrogens (tertiary/aromatic N) is 1. The molecule has 0 spiro atoms. The molecule has 1 aliphatic rings. The van der Waals surface area contributed by atoms with Crippen LogP contribution in [0, 0.1) is 0 Å². The summed E-state index contributed by atoms with van der Waals surface area (Å²) in [5.74, 6) is 0. The predicted octanol–water partition coefficient (Wildman–Crippen LogP) is 0.212. The molecule has 12 heavy (non-hydrogen) atoms. The van der Waals surface area contributed by atoms with Crippen molar-refractivity contribution in [3.05, 3.63) is 0 Å². The van der Waals surface area contributed by atoms with Gasteiger partial charge in [0.15, 0.2) is 0 Å². The van der Waals surface area contributed by atoms with Crippen molar-refractivity contribution in [1.29, 1.82) is 0 Å². The molecule has 0 aromatic carbocycles. The van der Waals surface area contributed by atoms with Crippen molar-refractivity contribution in [2.24, 2.45) is 0 Å². The second-order valence-corrected chi connectivity index (χ2v) is 4.20. The van der Waals surface area contributed by atoms with Gasteiger partial charge in [0.2, 0.25) is 0 Å². The molecule has 1 heterocycles. The molecule has 1 aliphatic heterocycles. The summed E-state index contributed by atoms with van der Waals surface area (Å²) in [6, 6.07) is 0.822. The Bertz CT molecular complexity index is 161. The van der Waals surface area contributed by atoms with E-state index in [0.717, 1.165) is 0 Å². The Balaban J connectivity index is 2.61. The van der Waals surface area contributed by atoms with Crippen LogP contribution in [0.2, 0.25) is 0 Å². The van der Waals surface area contributed by atoms with E-state index in [1.165, 1.54) is 0 Å². The van der Waals surface area contributed by atoms with E-state index in [0.29, 0.717) is 25.0 Å². The van der Waals surface area contributed by atoms with Crippen LogP contribution in [0.15, 0.2) is 0 Å². The van der Waals surface area contributed by atoms with Crippen molar-refractivity contribution in [2.45, 2.75) is 44.9 Å². The Labute approximate surface area is 74.0 Å². The van der Waals surface area contributed by atoms with E-state index in [2.05, 4.69) is 25.7 Å². The Morgan fingerprint density at radius 3 is 2.42 bits per heavy atom. The summed E-state index contributed by atoms with van der Waals surface area (Å²) in [5, 5.41) is 18.8. The fourth-order valence-corrected chi connectivity index (χ4v) is 2.03. The lowest BCUT2D eigenvalue weighted by Gasteiger charge is -2.25. The van der Waals surface area contributed by atoms with Crippen LogP contribution in [0.1, 0.15) is 27.2 Å². The van der Waals surface area contributed by atoms with Gasteiger partial charge in [0.25, 0.3) is 0 Å². The molecule has 0 bridgehead atoms. The van der Waals surface area contributed by atoms with E-state index in [4.69, 9.17) is 5.11 Å². The molecule has 1 saturated heterocycles. The van der Waals surface area contributed by atoms with E-state index < -0.39 is 5.60 Å². The lowest BCUT2D eigenvalue weighted by atomic mass is 10.0. The first-order valence-electron chi connectivity index (χ1n) is 4.57. The van der Waals surface area contributed by atoms with Crippen molar-refractivity contribution in [2.75, 3.05) is 13.2 Å². The second-order valence-electron chi connectivity index (χ2n) is 4.20. The molecule has 1 rings (SSSR count). The van der Waals surface area contributed by atoms with Gasteiger partial charge in [-0.05, 0) is 27.2 Å². The van der Waals surface area contributed by atoms with Gasteiger partial charge in [-0.1, -0.05) is 0 Å². The van der Waals surface area contributed by atoms with Crippen LogP contribution in [0.5, 0.6) is 0 Å². The van der Waals surface area contributed by atoms with Crippen LogP contribution in [-0.2, 0) is 0 Å². The molecule has 3 heteroatoms. The average molecular weight is 173 g/mol. The standard InChI is InChI=1S/C9H19NO2/c1-7(2)10-5-9(12,6-11)4-8(10)3/h7-8,11-12H,4-6H2,1-3H3. The molecular formula is C9H19NO2. The molecule has 1 fully saturated rings. The largest absolute Gasteiger partial charge is 0.393 e. The van der Waals surface area contributed by atoms with Gasteiger partial charge in [-0.2, -0.15) is 0 Å². The lowest BCUT2D eigenvalue weighted by Crippen LogP contribution is -2.39. The van der Waals surface area contributed by atoms with Gasteiger partial charge >= 0.3 is 0 Å². The molecule has 3 nitrogen and oxygen atoms in total. The highest BCUT2D eigenvalue weighted by Gasteiger charge is 2.40. The normalized spacial score (nSPS) is 38.0. The highest BCUT2D eigenvalue weighted by Crippen LogP contribution is 2.27. The van der Waals surface area contributed by atoms with Crippen LogP contribution >= 0.6 is 0 Å². The summed E-state index contributed by atoms with van der Waals surface area (Å²) in [6.45, 7) is 6.79. The highest BCUT2D eigenvalue weighted by atomic mass is 16.3. The summed E-state index contributed by atoms with van der Waals surface area (Å²) >= 11 is 0. The van der Waals surface area contributed by atoms with Gasteiger partial charge in [-0.3, -0.25) is 4.90 Å². The van der Waals surface area contributed by atoms with Crippen molar-refractivity contribution < 1.29 is 10.2 Å². The Morgan fingerprint density at radius 1 is 1.58 bits per heavy atom. The Hall–Kier alpha value is -0.120. The molecule has 2 atom stereocenters. The third-order valence-corrected chi connectivity index (χ3v) is 2.68. The molecule has 72 valence electrons. The minimum Gasteiger partial charge on any atom is -0.393 e. The maximum Gasteiger partial charge on any atom is 0.102 e. The van der Waals surface area contributed by atoms with Gasteiger partial charge in [0.05, 0.1) is 6.61 Å². The van der Waals surface area contributed by atoms with Crippen molar-refractivity contribution in [1.82, 2.24) is 4.90 Å². The van der Waals surface area contributed by atoms with Crippen LogP contribution in [0.3, 0.4) is 0 Å². The molecule has 2 unspecified atom stereocenters. The number of hydrogen-bond donors (Lipinski definition) is 2. The van der Waals surface area contributed by atoms with Gasteiger partial charge in [-0.25, -0.2) is 0 Å². The highest BCUT2D eigenvalue weighted by molar-refractivity contribution is 4.95. The van der Waals surface area contributed by atoms with E-state index in [1.54, 1.807) is 0 Å². The number of hydrogen-bond acceptors (Lipinski definition) is 3. The topological polar surface area (TPSA) is 43.7 Å². The SMILES string of the molecule is CC(C)N1CC(O)(CO)CC1C. The lowest BCUT2D eigenvalue weighted by molar-refractivity contribution is -0.00743. The fraction of sp³-hybridized carbons (Fsp3) is 1.00. The van der Waals surface area contributed by atoms with Crippen molar-refractivity contribution in [3.8, 4) is 0 Å². The summed E-state index contributed by atoms with van der Waals surface area (Å²) in [4.78, 5) is 2.22. The first-order chi connectivity index (χ1) is 5.48. The summed E-state index contributed by atoms with van der Waals surface area (Å²) in [7, 11) is 0. The first kappa shape index (κ1) is 9.96.